The number of nitrogens with one attached hydrogen (secondary N) is 1. The van der Waals surface area contributed by atoms with Crippen molar-refractivity contribution in [3.8, 4) is 0 Å². The molecule has 0 bridgehead atoms. The van der Waals surface area contributed by atoms with Gasteiger partial charge in [-0.2, -0.15) is 0 Å². The molecule has 1 aliphatic heterocycles. The molecule has 0 unspecified atom stereocenters. The van der Waals surface area contributed by atoms with Gasteiger partial charge < -0.3 is 10.1 Å². The Morgan fingerprint density at radius 1 is 1.38 bits per heavy atom. The molecule has 0 fully saturated rings. The lowest BCUT2D eigenvalue weighted by atomic mass is 10.2. The van der Waals surface area contributed by atoms with E-state index in [1.54, 1.807) is 11.7 Å². The number of ether oxygens (including phenoxy) is 1. The molecule has 1 N–H and O–H groups in total. The zero-order valence-corrected chi connectivity index (χ0v) is 15.0. The third-order valence-corrected chi connectivity index (χ3v) is 5.61. The first-order chi connectivity index (χ1) is 11.6. The molecule has 2 aromatic heterocycles. The second-order valence-electron chi connectivity index (χ2n) is 6.13. The molecule has 0 atom stereocenters. The van der Waals surface area contributed by atoms with E-state index in [2.05, 4.69) is 5.32 Å². The fraction of sp³-hybridized carbons (Fsp3) is 0.588. The molecular weight excluding hydrogens is 326 g/mol. The van der Waals surface area contributed by atoms with Gasteiger partial charge in [0.05, 0.1) is 10.3 Å². The first-order valence-corrected chi connectivity index (χ1v) is 9.25. The Kier molecular flexibility index (Phi) is 5.30. The van der Waals surface area contributed by atoms with Crippen LogP contribution in [0, 0.1) is 6.92 Å². The SMILES string of the molecule is COCCCNC(=O)c1sc2nc3n(c(=O)c2c1C)CCCCC3. The van der Waals surface area contributed by atoms with Gasteiger partial charge in [0.1, 0.15) is 10.7 Å². The van der Waals surface area contributed by atoms with E-state index < -0.39 is 0 Å². The number of amides is 1. The normalized spacial score (nSPS) is 14.4. The van der Waals surface area contributed by atoms with E-state index in [1.807, 2.05) is 6.92 Å². The topological polar surface area (TPSA) is 73.2 Å². The summed E-state index contributed by atoms with van der Waals surface area (Å²) in [6.45, 7) is 3.74. The van der Waals surface area contributed by atoms with Gasteiger partial charge in [-0.15, -0.1) is 11.3 Å². The van der Waals surface area contributed by atoms with E-state index in [9.17, 15) is 9.59 Å². The average Bonchev–Trinajstić information content (AvgIpc) is 2.74. The van der Waals surface area contributed by atoms with E-state index in [0.29, 0.717) is 28.2 Å². The van der Waals surface area contributed by atoms with Crippen LogP contribution in [0.1, 0.15) is 46.7 Å². The molecule has 2 aromatic rings. The number of methoxy groups -OCH3 is 1. The van der Waals surface area contributed by atoms with E-state index in [0.717, 1.165) is 50.0 Å². The highest BCUT2D eigenvalue weighted by molar-refractivity contribution is 7.20. The Morgan fingerprint density at radius 2 is 2.21 bits per heavy atom. The summed E-state index contributed by atoms with van der Waals surface area (Å²) in [5.41, 5.74) is 0.750. The van der Waals surface area contributed by atoms with E-state index in [1.165, 1.54) is 11.3 Å². The van der Waals surface area contributed by atoms with Crippen LogP contribution < -0.4 is 10.9 Å². The summed E-state index contributed by atoms with van der Waals surface area (Å²) in [5, 5.41) is 3.49. The summed E-state index contributed by atoms with van der Waals surface area (Å²) >= 11 is 1.32. The van der Waals surface area contributed by atoms with Gasteiger partial charge in [-0.1, -0.05) is 6.42 Å². The van der Waals surface area contributed by atoms with Crippen LogP contribution in [0.2, 0.25) is 0 Å². The monoisotopic (exact) mass is 349 g/mol. The van der Waals surface area contributed by atoms with Crippen LogP contribution in [0.25, 0.3) is 10.2 Å². The van der Waals surface area contributed by atoms with Crippen molar-refractivity contribution in [3.05, 3.63) is 26.6 Å². The molecule has 0 saturated carbocycles. The fourth-order valence-corrected chi connectivity index (χ4v) is 4.23. The van der Waals surface area contributed by atoms with Crippen molar-refractivity contribution < 1.29 is 9.53 Å². The van der Waals surface area contributed by atoms with Crippen molar-refractivity contribution in [2.75, 3.05) is 20.3 Å². The second kappa shape index (κ2) is 7.44. The molecular formula is C17H23N3O3S. The van der Waals surface area contributed by atoms with Gasteiger partial charge in [-0.3, -0.25) is 14.2 Å². The molecule has 6 nitrogen and oxygen atoms in total. The van der Waals surface area contributed by atoms with Gasteiger partial charge in [0.25, 0.3) is 11.5 Å². The standard InChI is InChI=1S/C17H23N3O3S/c1-11-13-16(24-14(11)15(21)18-8-6-10-23-2)19-12-7-4-3-5-9-20(12)17(13)22/h3-10H2,1-2H3,(H,18,21). The Labute approximate surface area is 144 Å². The quantitative estimate of drug-likeness (QED) is 0.841. The molecule has 24 heavy (non-hydrogen) atoms. The lowest BCUT2D eigenvalue weighted by Crippen LogP contribution is -2.26. The van der Waals surface area contributed by atoms with Gasteiger partial charge >= 0.3 is 0 Å². The minimum Gasteiger partial charge on any atom is -0.385 e. The Morgan fingerprint density at radius 3 is 3.00 bits per heavy atom. The van der Waals surface area contributed by atoms with Crippen LogP contribution in [0.15, 0.2) is 4.79 Å². The summed E-state index contributed by atoms with van der Waals surface area (Å²) < 4.78 is 6.78. The summed E-state index contributed by atoms with van der Waals surface area (Å²) in [7, 11) is 1.64. The van der Waals surface area contributed by atoms with Gasteiger partial charge in [0.15, 0.2) is 0 Å². The Balaban J connectivity index is 1.94. The van der Waals surface area contributed by atoms with Gasteiger partial charge in [-0.05, 0) is 31.7 Å². The number of thiophene rings is 1. The molecule has 0 aromatic carbocycles. The highest BCUT2D eigenvalue weighted by Gasteiger charge is 2.21. The van der Waals surface area contributed by atoms with Crippen LogP contribution in [0.3, 0.4) is 0 Å². The van der Waals surface area contributed by atoms with Crippen LogP contribution in [0.4, 0.5) is 0 Å². The van der Waals surface area contributed by atoms with Crippen molar-refractivity contribution in [1.82, 2.24) is 14.9 Å². The molecule has 3 heterocycles. The molecule has 7 heteroatoms. The number of hydrogen-bond acceptors (Lipinski definition) is 5. The third-order valence-electron chi connectivity index (χ3n) is 4.43. The Hall–Kier alpha value is -1.73. The van der Waals surface area contributed by atoms with Crippen LogP contribution >= 0.6 is 11.3 Å². The van der Waals surface area contributed by atoms with Gasteiger partial charge in [0, 0.05) is 33.2 Å². The number of carbonyl (C=O) groups is 1. The van der Waals surface area contributed by atoms with E-state index in [-0.39, 0.29) is 11.5 Å². The maximum atomic E-state index is 12.9. The summed E-state index contributed by atoms with van der Waals surface area (Å²) in [6, 6.07) is 0. The minimum absolute atomic E-state index is 0.00378. The number of fused-ring (bicyclic) bond motifs is 2. The molecule has 1 amide bonds. The van der Waals surface area contributed by atoms with Crippen LogP contribution in [-0.2, 0) is 17.7 Å². The summed E-state index contributed by atoms with van der Waals surface area (Å²) in [6.07, 6.45) is 4.80. The fourth-order valence-electron chi connectivity index (χ4n) is 3.13. The van der Waals surface area contributed by atoms with Crippen molar-refractivity contribution in [1.29, 1.82) is 0 Å². The Bertz CT molecular complexity index is 809. The number of carbonyl (C=O) groups excluding carboxylic acids is 1. The lowest BCUT2D eigenvalue weighted by molar-refractivity contribution is 0.0952. The largest absolute Gasteiger partial charge is 0.385 e. The molecule has 0 saturated heterocycles. The third kappa shape index (κ3) is 3.23. The lowest BCUT2D eigenvalue weighted by Gasteiger charge is -2.08. The maximum absolute atomic E-state index is 12.9. The maximum Gasteiger partial charge on any atom is 0.262 e. The molecule has 0 aliphatic carbocycles. The number of aromatic nitrogens is 2. The first-order valence-electron chi connectivity index (χ1n) is 8.43. The van der Waals surface area contributed by atoms with Crippen molar-refractivity contribution in [2.24, 2.45) is 0 Å². The average molecular weight is 349 g/mol. The van der Waals surface area contributed by atoms with Gasteiger partial charge in [-0.25, -0.2) is 4.98 Å². The van der Waals surface area contributed by atoms with Crippen LogP contribution in [-0.4, -0.2) is 35.7 Å². The molecule has 0 spiro atoms. The molecule has 1 aliphatic rings. The molecule has 0 radical (unpaired) electrons. The highest BCUT2D eigenvalue weighted by atomic mass is 32.1. The van der Waals surface area contributed by atoms with Gasteiger partial charge in [0.2, 0.25) is 0 Å². The predicted molar refractivity (Wildman–Crippen MR) is 95.0 cm³/mol. The van der Waals surface area contributed by atoms with Crippen LogP contribution in [0.5, 0.6) is 0 Å². The van der Waals surface area contributed by atoms with Crippen molar-refractivity contribution in [3.63, 3.8) is 0 Å². The first kappa shape index (κ1) is 17.1. The second-order valence-corrected chi connectivity index (χ2v) is 7.13. The highest BCUT2D eigenvalue weighted by Crippen LogP contribution is 2.28. The predicted octanol–water partition coefficient (Wildman–Crippen LogP) is 2.26. The van der Waals surface area contributed by atoms with E-state index >= 15 is 0 Å². The summed E-state index contributed by atoms with van der Waals surface area (Å²) in [4.78, 5) is 31.2. The molecule has 130 valence electrons. The number of aryl methyl sites for hydroxylation is 2. The minimum atomic E-state index is -0.133. The number of rotatable bonds is 5. The zero-order chi connectivity index (χ0) is 17.1. The smallest absolute Gasteiger partial charge is 0.262 e. The number of hydrogen-bond donors (Lipinski definition) is 1. The number of nitrogens with zero attached hydrogens (tertiary/aromatic N) is 2. The molecule has 3 rings (SSSR count). The zero-order valence-electron chi connectivity index (χ0n) is 14.2. The van der Waals surface area contributed by atoms with Crippen molar-refractivity contribution >= 4 is 27.5 Å². The van der Waals surface area contributed by atoms with Crippen molar-refractivity contribution in [2.45, 2.75) is 45.6 Å². The summed E-state index contributed by atoms with van der Waals surface area (Å²) in [5.74, 6) is 0.726. The van der Waals surface area contributed by atoms with E-state index in [4.69, 9.17) is 9.72 Å².